The van der Waals surface area contributed by atoms with Crippen molar-refractivity contribution in [1.29, 1.82) is 0 Å². The molecule has 0 atom stereocenters. The maximum atomic E-state index is 11.9. The Kier molecular flexibility index (Phi) is 5.04. The summed E-state index contributed by atoms with van der Waals surface area (Å²) in [5, 5.41) is 10.9. The molecule has 2 aromatic rings. The Balaban J connectivity index is 2.62. The number of carbonyl (C=O) groups is 1. The molecule has 0 radical (unpaired) electrons. The third kappa shape index (κ3) is 3.40. The first kappa shape index (κ1) is 16.3. The van der Waals surface area contributed by atoms with Gasteiger partial charge in [-0.1, -0.05) is 25.2 Å². The molecule has 0 aliphatic heterocycles. The molecule has 1 aromatic heterocycles. The van der Waals surface area contributed by atoms with Crippen LogP contribution in [0, 0.1) is 16.0 Å². The number of benzene rings is 1. The van der Waals surface area contributed by atoms with Crippen molar-refractivity contribution in [2.24, 2.45) is 10.9 Å². The quantitative estimate of drug-likeness (QED) is 0.624. The van der Waals surface area contributed by atoms with E-state index in [2.05, 4.69) is 4.99 Å². The molecule has 1 aromatic carbocycles. The van der Waals surface area contributed by atoms with Crippen molar-refractivity contribution < 1.29 is 14.5 Å². The maximum Gasteiger partial charge on any atom is 0.270 e. The van der Waals surface area contributed by atoms with Gasteiger partial charge >= 0.3 is 0 Å². The molecule has 0 saturated carbocycles. The minimum Gasteiger partial charge on any atom is -0.383 e. The first-order valence-corrected chi connectivity index (χ1v) is 7.61. The lowest BCUT2D eigenvalue weighted by Gasteiger charge is -2.04. The molecule has 1 amide bonds. The number of hydrogen-bond donors (Lipinski definition) is 0. The maximum absolute atomic E-state index is 11.9. The van der Waals surface area contributed by atoms with Gasteiger partial charge in [0.1, 0.15) is 0 Å². The van der Waals surface area contributed by atoms with Crippen molar-refractivity contribution >= 4 is 33.1 Å². The number of thiazole rings is 1. The highest BCUT2D eigenvalue weighted by atomic mass is 32.1. The van der Waals surface area contributed by atoms with Crippen molar-refractivity contribution in [2.75, 3.05) is 13.7 Å². The second-order valence-corrected chi connectivity index (χ2v) is 6.05. The van der Waals surface area contributed by atoms with E-state index >= 15 is 0 Å². The summed E-state index contributed by atoms with van der Waals surface area (Å²) < 4.78 is 7.66. The van der Waals surface area contributed by atoms with Crippen LogP contribution in [0.5, 0.6) is 0 Å². The number of rotatable bonds is 5. The molecular formula is C14H17N3O4S. The average Bonchev–Trinajstić information content (AvgIpc) is 2.81. The zero-order valence-corrected chi connectivity index (χ0v) is 13.4. The fourth-order valence-electron chi connectivity index (χ4n) is 1.88. The van der Waals surface area contributed by atoms with Gasteiger partial charge in [-0.15, -0.1) is 0 Å². The van der Waals surface area contributed by atoms with Crippen LogP contribution in [0.4, 0.5) is 5.69 Å². The van der Waals surface area contributed by atoms with Crippen molar-refractivity contribution in [3.63, 3.8) is 0 Å². The fraction of sp³-hybridized carbons (Fsp3) is 0.429. The molecule has 8 heteroatoms. The van der Waals surface area contributed by atoms with Gasteiger partial charge in [-0.05, 0) is 6.07 Å². The summed E-state index contributed by atoms with van der Waals surface area (Å²) in [6.45, 7) is 4.55. The zero-order valence-electron chi connectivity index (χ0n) is 12.6. The molecule has 0 bridgehead atoms. The molecule has 0 spiro atoms. The number of aromatic nitrogens is 1. The van der Waals surface area contributed by atoms with Gasteiger partial charge in [0, 0.05) is 31.7 Å². The van der Waals surface area contributed by atoms with E-state index in [0.29, 0.717) is 18.0 Å². The monoisotopic (exact) mass is 323 g/mol. The largest absolute Gasteiger partial charge is 0.383 e. The van der Waals surface area contributed by atoms with E-state index in [-0.39, 0.29) is 17.5 Å². The average molecular weight is 323 g/mol. The number of nitro groups is 1. The third-order valence-electron chi connectivity index (χ3n) is 3.10. The summed E-state index contributed by atoms with van der Waals surface area (Å²) in [4.78, 5) is 27.0. The number of carbonyl (C=O) groups excluding carboxylic acids is 1. The third-order valence-corrected chi connectivity index (χ3v) is 4.14. The molecule has 7 nitrogen and oxygen atoms in total. The number of amides is 1. The Labute approximate surface area is 131 Å². The second-order valence-electron chi connectivity index (χ2n) is 5.04. The van der Waals surface area contributed by atoms with Crippen LogP contribution in [0.1, 0.15) is 13.8 Å². The molecule has 0 aliphatic rings. The summed E-state index contributed by atoms with van der Waals surface area (Å²) >= 11 is 1.27. The van der Waals surface area contributed by atoms with E-state index in [1.165, 1.54) is 23.5 Å². The molecule has 118 valence electrons. The first-order chi connectivity index (χ1) is 10.4. The van der Waals surface area contributed by atoms with Crippen LogP contribution >= 0.6 is 11.3 Å². The van der Waals surface area contributed by atoms with E-state index in [4.69, 9.17) is 4.74 Å². The lowest BCUT2D eigenvalue weighted by Crippen LogP contribution is -2.20. The Morgan fingerprint density at radius 1 is 1.50 bits per heavy atom. The molecule has 1 heterocycles. The predicted molar refractivity (Wildman–Crippen MR) is 83.8 cm³/mol. The van der Waals surface area contributed by atoms with Gasteiger partial charge in [-0.2, -0.15) is 4.99 Å². The number of nitrogens with zero attached hydrogens (tertiary/aromatic N) is 3. The van der Waals surface area contributed by atoms with Gasteiger partial charge in [0.25, 0.3) is 11.6 Å². The fourth-order valence-corrected chi connectivity index (χ4v) is 2.98. The first-order valence-electron chi connectivity index (χ1n) is 6.79. The van der Waals surface area contributed by atoms with E-state index in [1.807, 2.05) is 4.57 Å². The minimum absolute atomic E-state index is 0.0226. The highest BCUT2D eigenvalue weighted by molar-refractivity contribution is 7.16. The number of fused-ring (bicyclic) bond motifs is 1. The summed E-state index contributed by atoms with van der Waals surface area (Å²) in [5.74, 6) is -0.414. The normalized spacial score (nSPS) is 12.3. The topological polar surface area (TPSA) is 86.7 Å². The number of ether oxygens (including phenoxy) is 1. The minimum atomic E-state index is -0.436. The van der Waals surface area contributed by atoms with Crippen molar-refractivity contribution in [2.45, 2.75) is 20.4 Å². The number of non-ortho nitro benzene ring substituents is 1. The van der Waals surface area contributed by atoms with Crippen LogP contribution in [0.15, 0.2) is 23.2 Å². The molecule has 0 unspecified atom stereocenters. The lowest BCUT2D eigenvalue weighted by atomic mass is 10.2. The summed E-state index contributed by atoms with van der Waals surface area (Å²) in [6.07, 6.45) is 0. The molecule has 2 rings (SSSR count). The lowest BCUT2D eigenvalue weighted by molar-refractivity contribution is -0.384. The van der Waals surface area contributed by atoms with E-state index in [0.717, 1.165) is 10.2 Å². The summed E-state index contributed by atoms with van der Waals surface area (Å²) in [5.41, 5.74) is 0.831. The number of methoxy groups -OCH3 is 1. The van der Waals surface area contributed by atoms with Crippen LogP contribution < -0.4 is 4.80 Å². The molecule has 0 aliphatic carbocycles. The Hall–Kier alpha value is -2.06. The van der Waals surface area contributed by atoms with Crippen LogP contribution in [-0.4, -0.2) is 29.1 Å². The van der Waals surface area contributed by atoms with E-state index in [9.17, 15) is 14.9 Å². The van der Waals surface area contributed by atoms with E-state index in [1.54, 1.807) is 27.0 Å². The zero-order chi connectivity index (χ0) is 16.3. The van der Waals surface area contributed by atoms with Crippen LogP contribution in [-0.2, 0) is 16.1 Å². The van der Waals surface area contributed by atoms with Gasteiger partial charge in [0.15, 0.2) is 4.80 Å². The van der Waals surface area contributed by atoms with Gasteiger partial charge in [0.2, 0.25) is 0 Å². The van der Waals surface area contributed by atoms with Gasteiger partial charge in [0.05, 0.1) is 21.7 Å². The second kappa shape index (κ2) is 6.80. The molecule has 0 fully saturated rings. The van der Waals surface area contributed by atoms with Crippen LogP contribution in [0.2, 0.25) is 0 Å². The Morgan fingerprint density at radius 2 is 2.23 bits per heavy atom. The van der Waals surface area contributed by atoms with Gasteiger partial charge in [-0.3, -0.25) is 14.9 Å². The van der Waals surface area contributed by atoms with Crippen molar-refractivity contribution in [3.8, 4) is 0 Å². The Morgan fingerprint density at radius 3 is 2.82 bits per heavy atom. The highest BCUT2D eigenvalue weighted by Gasteiger charge is 2.13. The summed E-state index contributed by atoms with van der Waals surface area (Å²) in [6, 6.07) is 4.63. The molecule has 0 saturated heterocycles. The summed E-state index contributed by atoms with van der Waals surface area (Å²) in [7, 11) is 1.59. The predicted octanol–water partition coefficient (Wildman–Crippen LogP) is 2.34. The SMILES string of the molecule is COCCn1c(=NC(=O)C(C)C)sc2cc([N+](=O)[O-])ccc21. The molecule has 22 heavy (non-hydrogen) atoms. The van der Waals surface area contributed by atoms with Crippen molar-refractivity contribution in [1.82, 2.24) is 4.57 Å². The number of nitro benzene ring substituents is 1. The van der Waals surface area contributed by atoms with Gasteiger partial charge < -0.3 is 9.30 Å². The van der Waals surface area contributed by atoms with Crippen molar-refractivity contribution in [3.05, 3.63) is 33.1 Å². The standard InChI is InChI=1S/C14H17N3O4S/c1-9(2)13(18)15-14-16(6-7-21-3)11-5-4-10(17(19)20)8-12(11)22-14/h4-5,8-9H,6-7H2,1-3H3. The van der Waals surface area contributed by atoms with Crippen LogP contribution in [0.25, 0.3) is 10.2 Å². The highest BCUT2D eigenvalue weighted by Crippen LogP contribution is 2.23. The number of hydrogen-bond acceptors (Lipinski definition) is 5. The smallest absolute Gasteiger partial charge is 0.270 e. The van der Waals surface area contributed by atoms with Crippen LogP contribution in [0.3, 0.4) is 0 Å². The van der Waals surface area contributed by atoms with E-state index < -0.39 is 4.92 Å². The van der Waals surface area contributed by atoms with Gasteiger partial charge in [-0.25, -0.2) is 0 Å². The molecule has 0 N–H and O–H groups in total. The Bertz CT molecular complexity index is 776. The molecular weight excluding hydrogens is 306 g/mol.